The van der Waals surface area contributed by atoms with E-state index in [0.29, 0.717) is 92.1 Å². The number of carbonyl (C=O) groups is 3. The highest BCUT2D eigenvalue weighted by Gasteiger charge is 2.49. The Morgan fingerprint density at radius 3 is 1.37 bits per heavy atom. The van der Waals surface area contributed by atoms with Crippen molar-refractivity contribution in [3.8, 4) is 28.5 Å². The third-order valence-electron chi connectivity index (χ3n) is 18.8. The van der Waals surface area contributed by atoms with Crippen molar-refractivity contribution >= 4 is 27.6 Å². The van der Waals surface area contributed by atoms with Gasteiger partial charge >= 0.3 is 0 Å². The van der Waals surface area contributed by atoms with Gasteiger partial charge in [0.05, 0.1) is 198 Å². The largest absolute Gasteiger partial charge is 0.388 e. The van der Waals surface area contributed by atoms with Crippen LogP contribution in [0.3, 0.4) is 0 Å². The van der Waals surface area contributed by atoms with Crippen molar-refractivity contribution in [1.29, 1.82) is 0 Å². The van der Waals surface area contributed by atoms with Crippen molar-refractivity contribution in [2.45, 2.75) is 119 Å². The molecule has 3 saturated carbocycles. The first kappa shape index (κ1) is 82.4. The van der Waals surface area contributed by atoms with Crippen LogP contribution in [-0.2, 0) is 112 Å². The Balaban J connectivity index is 0.000000198. The van der Waals surface area contributed by atoms with E-state index < -0.39 is 101 Å². The zero-order chi connectivity index (χ0) is 74.9. The highest BCUT2D eigenvalue weighted by molar-refractivity contribution is 7.91. The molecule has 3 amide bonds. The molecule has 10 rings (SSSR count). The Morgan fingerprint density at radius 2 is 0.894 bits per heavy atom. The van der Waals surface area contributed by atoms with E-state index in [0.717, 1.165) is 39.7 Å². The summed E-state index contributed by atoms with van der Waals surface area (Å²) in [6, 6.07) is 7.59. The van der Waals surface area contributed by atoms with Gasteiger partial charge in [-0.2, -0.15) is 0 Å². The lowest BCUT2D eigenvalue weighted by atomic mass is 9.80. The summed E-state index contributed by atoms with van der Waals surface area (Å²) in [7, 11) is 9.40. The van der Waals surface area contributed by atoms with Gasteiger partial charge in [-0.25, -0.2) is 32.4 Å². The van der Waals surface area contributed by atoms with Crippen molar-refractivity contribution in [2.24, 2.45) is 31.8 Å². The van der Waals surface area contributed by atoms with E-state index in [1.165, 1.54) is 42.7 Å². The Bertz CT molecular complexity index is 3640. The number of carbonyl (C=O) groups excluding carboxylic acids is 3. The molecule has 0 radical (unpaired) electrons. The van der Waals surface area contributed by atoms with E-state index in [-0.39, 0.29) is 61.6 Å². The van der Waals surface area contributed by atoms with E-state index in [1.807, 2.05) is 47.5 Å². The normalized spacial score (nSPS) is 26.2. The number of aromatic nitrogens is 13. The number of imidazole rings is 2. The number of amides is 3. The third kappa shape index (κ3) is 22.2. The van der Waals surface area contributed by atoms with Crippen LogP contribution in [0.4, 0.5) is 0 Å². The number of hydrogen-bond acceptors (Lipinski definition) is 30. The Morgan fingerprint density at radius 1 is 0.481 bits per heavy atom. The quantitative estimate of drug-likeness (QED) is 0.0174. The molecule has 6 heterocycles. The Kier molecular flexibility index (Phi) is 32.5. The third-order valence-corrected chi connectivity index (χ3v) is 20.4. The van der Waals surface area contributed by atoms with Crippen molar-refractivity contribution in [3.05, 3.63) is 79.2 Å². The molecule has 38 nitrogen and oxygen atoms in total. The zero-order valence-electron chi connectivity index (χ0n) is 59.8. The molecule has 104 heavy (non-hydrogen) atoms. The lowest BCUT2D eigenvalue weighted by molar-refractivity contribution is -0.180. The number of benzene rings is 1. The van der Waals surface area contributed by atoms with Gasteiger partial charge in [0.15, 0.2) is 9.84 Å². The Hall–Kier alpha value is -7.26. The van der Waals surface area contributed by atoms with Crippen LogP contribution in [0, 0.1) is 17.8 Å². The molecule has 578 valence electrons. The first-order valence-corrected chi connectivity index (χ1v) is 36.0. The SMILES string of the molecule is CO[C@@H]1C(C(=O)NCCOCCOCCOCCn2nncc2-c2cncn2C)C[C@@H](OC)[C@@H](O)[C@H]1O.CO[C@@H]1C(C(=O)NCCOCCn2nncc2CN2CCS(=O)(=O)CC2)C[C@@H](OC)[C@@H](O)[C@H]1O.CO[C@@H]1C(C(=O)NCc2ccc(-n3nncc3-c3cncn3C)cc2)C[C@@H](OC)[C@@H](O)[C@H]1O. The number of aryl methyl sites for hydroxylation is 2. The van der Waals surface area contributed by atoms with Gasteiger partial charge in [-0.1, -0.05) is 27.8 Å². The van der Waals surface area contributed by atoms with Crippen molar-refractivity contribution in [2.75, 3.05) is 133 Å². The second-order valence-electron chi connectivity index (χ2n) is 25.3. The molecule has 39 heteroatoms. The van der Waals surface area contributed by atoms with E-state index in [1.54, 1.807) is 57.7 Å². The molecule has 4 fully saturated rings. The lowest BCUT2D eigenvalue weighted by Gasteiger charge is -2.40. The molecule has 5 aromatic heterocycles. The monoisotopic (exact) mass is 1490 g/mol. The van der Waals surface area contributed by atoms with Crippen molar-refractivity contribution in [1.82, 2.24) is 84.9 Å². The molecule has 0 spiro atoms. The predicted octanol–water partition coefficient (Wildman–Crippen LogP) is -3.92. The molecule has 0 bridgehead atoms. The van der Waals surface area contributed by atoms with Crippen molar-refractivity contribution in [3.63, 3.8) is 0 Å². The van der Waals surface area contributed by atoms with Gasteiger partial charge in [-0.05, 0) is 37.0 Å². The topological polar surface area (TPSA) is 466 Å². The van der Waals surface area contributed by atoms with Crippen LogP contribution >= 0.6 is 0 Å². The van der Waals surface area contributed by atoms with E-state index >= 15 is 0 Å². The molecule has 1 aromatic carbocycles. The van der Waals surface area contributed by atoms with Crippen LogP contribution in [0.15, 0.2) is 67.9 Å². The zero-order valence-corrected chi connectivity index (χ0v) is 60.7. The van der Waals surface area contributed by atoms with Gasteiger partial charge in [0.25, 0.3) is 0 Å². The second-order valence-corrected chi connectivity index (χ2v) is 27.6. The van der Waals surface area contributed by atoms with Crippen LogP contribution in [0.2, 0.25) is 0 Å². The number of nitrogens with one attached hydrogen (secondary N) is 3. The minimum atomic E-state index is -2.92. The molecule has 6 aromatic rings. The summed E-state index contributed by atoms with van der Waals surface area (Å²) in [5, 5.41) is 93.8. The minimum absolute atomic E-state index is 0.168. The molecule has 3 unspecified atom stereocenters. The molecule has 4 aliphatic rings. The number of sulfone groups is 1. The van der Waals surface area contributed by atoms with E-state index in [2.05, 4.69) is 61.8 Å². The van der Waals surface area contributed by atoms with Crippen LogP contribution in [0.25, 0.3) is 28.5 Å². The maximum Gasteiger partial charge on any atom is 0.226 e. The number of hydrogen-bond donors (Lipinski definition) is 9. The average molecular weight is 1490 g/mol. The number of aliphatic hydroxyl groups excluding tert-OH is 6. The Labute approximate surface area is 602 Å². The number of nitrogens with zero attached hydrogens (tertiary/aromatic N) is 14. The molecular weight excluding hydrogens is 1390 g/mol. The van der Waals surface area contributed by atoms with Gasteiger partial charge in [0.2, 0.25) is 17.7 Å². The fourth-order valence-corrected chi connectivity index (χ4v) is 14.1. The smallest absolute Gasteiger partial charge is 0.226 e. The minimum Gasteiger partial charge on any atom is -0.388 e. The summed E-state index contributed by atoms with van der Waals surface area (Å²) in [4.78, 5) is 48.3. The molecule has 1 saturated heterocycles. The highest BCUT2D eigenvalue weighted by Crippen LogP contribution is 2.33. The first-order chi connectivity index (χ1) is 50.2. The van der Waals surface area contributed by atoms with Gasteiger partial charge in [0, 0.05) is 96.0 Å². The van der Waals surface area contributed by atoms with Crippen LogP contribution in [0.1, 0.15) is 30.5 Å². The second kappa shape index (κ2) is 41.0. The van der Waals surface area contributed by atoms with Crippen molar-refractivity contribution < 1.29 is 101 Å². The van der Waals surface area contributed by atoms with Gasteiger partial charge in [-0.15, -0.1) is 15.3 Å². The highest BCUT2D eigenvalue weighted by atomic mass is 32.2. The molecule has 15 atom stereocenters. The van der Waals surface area contributed by atoms with Crippen LogP contribution in [0.5, 0.6) is 0 Å². The molecule has 1 aliphatic heterocycles. The van der Waals surface area contributed by atoms with E-state index in [9.17, 15) is 53.4 Å². The molecular formula is C65H101N17O21S. The summed E-state index contributed by atoms with van der Waals surface area (Å²) in [5.74, 6) is -2.45. The van der Waals surface area contributed by atoms with Gasteiger partial charge in [0.1, 0.15) is 48.0 Å². The fraction of sp³-hybridized carbons (Fsp3) is 0.677. The average Bonchev–Trinajstić information content (AvgIpc) is 1.13. The number of methoxy groups -OCH3 is 6. The lowest BCUT2D eigenvalue weighted by Crippen LogP contribution is -2.58. The van der Waals surface area contributed by atoms with Crippen LogP contribution in [-0.4, -0.2) is 332 Å². The van der Waals surface area contributed by atoms with Gasteiger partial charge < -0.3 is 103 Å². The fourth-order valence-electron chi connectivity index (χ4n) is 12.8. The summed E-state index contributed by atoms with van der Waals surface area (Å²) >= 11 is 0. The number of aliphatic hydroxyl groups is 6. The maximum absolute atomic E-state index is 12.8. The predicted molar refractivity (Wildman–Crippen MR) is 366 cm³/mol. The standard InChI is InChI=1S/C23H38N6O8.C22H28N6O5.C20H35N5O8S/c1-28-15-24-13-17(28)18-14-26-27-29(18)5-7-36-9-11-37-10-8-35-6-4-25-23(32)16-12-19(33-2)20(30)21(31)22(16)34-3;1-27-12-23-10-16(27)17-11-25-26-28(17)14-6-4-13(5-7-14)9-24-22(31)15-8-18(32-2)19(29)20(30)21(15)33-3;1-31-16-11-15(19(32-2)18(27)17(16)26)20(28)21-3-7-33-8-4-25-14(12-22-23-25)13-24-5-9-34(29,30)10-6-24/h13-16,19-22,30-31H,4-12H2,1-3H3,(H,25,32);4-7,10-12,15,18-21,29-30H,8-9H2,1-3H3,(H,24,31);12,15-19,26-27H,3-11,13H2,1-2H3,(H,21,28)/t16?,19-,20-,21-,22-;15?,18-,19-,20-,21-;15?,16-,17-,18-,19-/m111/s1. The number of rotatable bonds is 34. The number of ether oxygens (including phenoxy) is 10. The molecule has 3 aliphatic carbocycles. The van der Waals surface area contributed by atoms with Gasteiger partial charge in [-0.3, -0.25) is 19.3 Å². The van der Waals surface area contributed by atoms with Crippen LogP contribution < -0.4 is 16.0 Å². The summed E-state index contributed by atoms with van der Waals surface area (Å²) in [5.41, 5.74) is 6.10. The first-order valence-electron chi connectivity index (χ1n) is 34.2. The summed E-state index contributed by atoms with van der Waals surface area (Å²) in [6.45, 7) is 6.55. The maximum atomic E-state index is 12.8. The summed E-state index contributed by atoms with van der Waals surface area (Å²) in [6.07, 6.45) is 1.40. The van der Waals surface area contributed by atoms with E-state index in [4.69, 9.17) is 47.4 Å². The molecule has 9 N–H and O–H groups in total. The summed E-state index contributed by atoms with van der Waals surface area (Å²) < 4.78 is 85.8.